The number of benzene rings is 1. The summed E-state index contributed by atoms with van der Waals surface area (Å²) in [6.45, 7) is 21.5. The normalized spacial score (nSPS) is 18.5. The summed E-state index contributed by atoms with van der Waals surface area (Å²) in [5.41, 5.74) is 5.12. The van der Waals surface area contributed by atoms with E-state index in [-0.39, 0.29) is 16.7 Å². The third-order valence-corrected chi connectivity index (χ3v) is 10.9. The number of rotatable bonds is 5. The Morgan fingerprint density at radius 3 is 2.41 bits per heavy atom. The average molecular weight is 413 g/mol. The van der Waals surface area contributed by atoms with Crippen LogP contribution in [0.15, 0.2) is 29.3 Å². The molecule has 0 saturated carbocycles. The quantitative estimate of drug-likeness (QED) is 0.369. The van der Waals surface area contributed by atoms with Gasteiger partial charge in [0.25, 0.3) is 0 Å². The topological polar surface area (TPSA) is 26.5 Å². The van der Waals surface area contributed by atoms with E-state index in [1.54, 1.807) is 0 Å². The Balaban J connectivity index is 1.97. The molecular formula is C25H40N2OSi. The lowest BCUT2D eigenvalue weighted by Crippen LogP contribution is -2.41. The fourth-order valence-electron chi connectivity index (χ4n) is 3.94. The molecule has 29 heavy (non-hydrogen) atoms. The van der Waals surface area contributed by atoms with Crippen LogP contribution in [0.4, 0.5) is 0 Å². The van der Waals surface area contributed by atoms with Crippen molar-refractivity contribution >= 4 is 24.9 Å². The van der Waals surface area contributed by atoms with Crippen molar-refractivity contribution in [2.24, 2.45) is 4.99 Å². The van der Waals surface area contributed by atoms with E-state index in [0.717, 1.165) is 25.8 Å². The van der Waals surface area contributed by atoms with Crippen LogP contribution in [0.3, 0.4) is 0 Å². The minimum absolute atomic E-state index is 0.0515. The summed E-state index contributed by atoms with van der Waals surface area (Å²) in [6.07, 6.45) is 3.45. The van der Waals surface area contributed by atoms with E-state index in [0.29, 0.717) is 0 Å². The van der Waals surface area contributed by atoms with Crippen molar-refractivity contribution in [2.75, 3.05) is 0 Å². The van der Waals surface area contributed by atoms with E-state index in [2.05, 4.69) is 90.4 Å². The summed E-state index contributed by atoms with van der Waals surface area (Å²) in [4.78, 5) is 5.02. The van der Waals surface area contributed by atoms with Crippen molar-refractivity contribution in [1.29, 1.82) is 0 Å². The molecule has 0 spiro atoms. The van der Waals surface area contributed by atoms with Gasteiger partial charge in [0.15, 0.2) is 8.32 Å². The SMILES string of the molecule is CCCC(=NC(C)(C)C)c1ccc2c(c1)cc1n2CCC1O[Si](C)(C)C(C)(C)C. The van der Waals surface area contributed by atoms with Crippen molar-refractivity contribution in [3.63, 3.8) is 0 Å². The fourth-order valence-corrected chi connectivity index (χ4v) is 5.24. The van der Waals surface area contributed by atoms with Crippen LogP contribution in [0.25, 0.3) is 10.9 Å². The molecule has 0 bridgehead atoms. The maximum Gasteiger partial charge on any atom is 0.192 e. The first-order valence-corrected chi connectivity index (χ1v) is 14.1. The largest absolute Gasteiger partial charge is 0.408 e. The molecule has 0 saturated heterocycles. The van der Waals surface area contributed by atoms with Gasteiger partial charge in [0.2, 0.25) is 0 Å². The van der Waals surface area contributed by atoms with Gasteiger partial charge in [-0.2, -0.15) is 0 Å². The highest BCUT2D eigenvalue weighted by molar-refractivity contribution is 6.74. The molecule has 1 aromatic heterocycles. The third-order valence-electron chi connectivity index (χ3n) is 6.41. The van der Waals surface area contributed by atoms with Crippen molar-refractivity contribution in [1.82, 2.24) is 4.57 Å². The number of nitrogens with zero attached hydrogens (tertiary/aromatic N) is 2. The summed E-state index contributed by atoms with van der Waals surface area (Å²) < 4.78 is 9.27. The van der Waals surface area contributed by atoms with Gasteiger partial charge in [0, 0.05) is 28.9 Å². The van der Waals surface area contributed by atoms with Gasteiger partial charge in [-0.3, -0.25) is 4.99 Å². The van der Waals surface area contributed by atoms with Crippen molar-refractivity contribution < 1.29 is 4.43 Å². The van der Waals surface area contributed by atoms with Gasteiger partial charge in [-0.1, -0.05) is 40.2 Å². The molecule has 0 fully saturated rings. The third kappa shape index (κ3) is 4.69. The zero-order valence-electron chi connectivity index (χ0n) is 20.0. The molecule has 0 aliphatic carbocycles. The Morgan fingerprint density at radius 1 is 1.14 bits per heavy atom. The standard InChI is InChI=1S/C25H40N2OSi/c1-10-11-20(26-24(2,3)4)18-12-13-21-19(16-18)17-22-23(14-15-27(21)22)28-29(8,9)25(5,6)7/h12-13,16-17,23H,10-11,14-15H2,1-9H3. The fraction of sp³-hybridized carbons (Fsp3) is 0.640. The first-order valence-electron chi connectivity index (χ1n) is 11.2. The Morgan fingerprint density at radius 2 is 1.83 bits per heavy atom. The van der Waals surface area contributed by atoms with E-state index in [1.807, 2.05) is 0 Å². The van der Waals surface area contributed by atoms with Crippen LogP contribution in [-0.2, 0) is 11.0 Å². The zero-order chi connectivity index (χ0) is 21.6. The second kappa shape index (κ2) is 7.70. The average Bonchev–Trinajstić information content (AvgIpc) is 3.11. The molecule has 2 aromatic rings. The van der Waals surface area contributed by atoms with Gasteiger partial charge < -0.3 is 8.99 Å². The van der Waals surface area contributed by atoms with Crippen LogP contribution in [0.2, 0.25) is 18.1 Å². The highest BCUT2D eigenvalue weighted by Crippen LogP contribution is 2.43. The van der Waals surface area contributed by atoms with Gasteiger partial charge in [0.05, 0.1) is 11.6 Å². The number of aryl methyl sites for hydroxylation is 1. The zero-order valence-corrected chi connectivity index (χ0v) is 21.0. The maximum atomic E-state index is 6.80. The van der Waals surface area contributed by atoms with Crippen LogP contribution >= 0.6 is 0 Å². The maximum absolute atomic E-state index is 6.80. The molecular weight excluding hydrogens is 372 g/mol. The summed E-state index contributed by atoms with van der Waals surface area (Å²) in [5, 5.41) is 1.55. The smallest absolute Gasteiger partial charge is 0.192 e. The number of aliphatic imine (C=N–C) groups is 1. The Kier molecular flexibility index (Phi) is 5.92. The number of fused-ring (bicyclic) bond motifs is 3. The van der Waals surface area contributed by atoms with Crippen molar-refractivity contribution in [2.45, 2.75) is 104 Å². The van der Waals surface area contributed by atoms with Crippen LogP contribution in [0.5, 0.6) is 0 Å². The lowest BCUT2D eigenvalue weighted by atomic mass is 10.0. The lowest BCUT2D eigenvalue weighted by molar-refractivity contribution is 0.185. The van der Waals surface area contributed by atoms with Gasteiger partial charge in [-0.05, 0) is 75.5 Å². The van der Waals surface area contributed by atoms with Crippen LogP contribution < -0.4 is 0 Å². The second-order valence-electron chi connectivity index (χ2n) is 11.1. The molecule has 0 amide bonds. The first kappa shape index (κ1) is 22.3. The number of hydrogen-bond donors (Lipinski definition) is 0. The molecule has 3 nitrogen and oxygen atoms in total. The van der Waals surface area contributed by atoms with Gasteiger partial charge in [-0.25, -0.2) is 0 Å². The van der Waals surface area contributed by atoms with Crippen LogP contribution in [0.1, 0.15) is 85.1 Å². The van der Waals surface area contributed by atoms with E-state index < -0.39 is 8.32 Å². The molecule has 3 rings (SSSR count). The molecule has 160 valence electrons. The van der Waals surface area contributed by atoms with Crippen LogP contribution in [-0.4, -0.2) is 24.1 Å². The highest BCUT2D eigenvalue weighted by Gasteiger charge is 2.41. The molecule has 1 unspecified atom stereocenters. The Labute approximate surface area is 178 Å². The van der Waals surface area contributed by atoms with E-state index >= 15 is 0 Å². The highest BCUT2D eigenvalue weighted by atomic mass is 28.4. The minimum atomic E-state index is -1.79. The summed E-state index contributed by atoms with van der Waals surface area (Å²) in [5.74, 6) is 0. The summed E-state index contributed by atoms with van der Waals surface area (Å²) in [7, 11) is -1.79. The Hall–Kier alpha value is -1.39. The molecule has 0 radical (unpaired) electrons. The molecule has 2 heterocycles. The molecule has 1 atom stereocenters. The van der Waals surface area contributed by atoms with Crippen molar-refractivity contribution in [3.8, 4) is 0 Å². The van der Waals surface area contributed by atoms with Gasteiger partial charge in [-0.15, -0.1) is 0 Å². The van der Waals surface area contributed by atoms with Crippen molar-refractivity contribution in [3.05, 3.63) is 35.5 Å². The van der Waals surface area contributed by atoms with Gasteiger partial charge in [0.1, 0.15) is 0 Å². The first-order chi connectivity index (χ1) is 13.3. The molecule has 0 N–H and O–H groups in total. The molecule has 4 heteroatoms. The summed E-state index contributed by atoms with van der Waals surface area (Å²) in [6, 6.07) is 9.25. The predicted molar refractivity (Wildman–Crippen MR) is 129 cm³/mol. The van der Waals surface area contributed by atoms with E-state index in [4.69, 9.17) is 9.42 Å². The lowest BCUT2D eigenvalue weighted by Gasteiger charge is -2.38. The monoisotopic (exact) mass is 412 g/mol. The molecule has 1 aliphatic rings. The summed E-state index contributed by atoms with van der Waals surface area (Å²) >= 11 is 0. The molecule has 1 aromatic carbocycles. The van der Waals surface area contributed by atoms with Crippen LogP contribution in [0, 0.1) is 0 Å². The van der Waals surface area contributed by atoms with Gasteiger partial charge >= 0.3 is 0 Å². The predicted octanol–water partition coefficient (Wildman–Crippen LogP) is 7.50. The van der Waals surface area contributed by atoms with E-state index in [1.165, 1.54) is 27.9 Å². The minimum Gasteiger partial charge on any atom is -0.408 e. The second-order valence-corrected chi connectivity index (χ2v) is 15.9. The number of aromatic nitrogens is 1. The molecule has 1 aliphatic heterocycles. The van der Waals surface area contributed by atoms with E-state index in [9.17, 15) is 0 Å². The Bertz CT molecular complexity index is 909. The number of hydrogen-bond acceptors (Lipinski definition) is 2.